The van der Waals surface area contributed by atoms with Crippen LogP contribution in [-0.2, 0) is 0 Å². The monoisotopic (exact) mass is 234 g/mol. The Hall–Kier alpha value is -3.16. The lowest BCUT2D eigenvalue weighted by atomic mass is 10.5. The predicted molar refractivity (Wildman–Crippen MR) is 47.6 cm³/mol. The molecule has 0 amide bonds. The molecule has 0 saturated heterocycles. The van der Waals surface area contributed by atoms with Crippen molar-refractivity contribution in [3.63, 3.8) is 0 Å². The van der Waals surface area contributed by atoms with E-state index in [2.05, 4.69) is 20.6 Å². The third-order valence-corrected chi connectivity index (χ3v) is 1.73. The summed E-state index contributed by atoms with van der Waals surface area (Å²) in [5.74, 6) is -0.812. The first-order chi connectivity index (χ1) is 8.15. The van der Waals surface area contributed by atoms with Gasteiger partial charge in [0.15, 0.2) is 0 Å². The van der Waals surface area contributed by atoms with Crippen molar-refractivity contribution in [2.24, 2.45) is 0 Å². The molecule has 2 heterocycles. The highest BCUT2D eigenvalue weighted by molar-refractivity contribution is 5.79. The van der Waals surface area contributed by atoms with Gasteiger partial charge >= 0.3 is 11.8 Å². The van der Waals surface area contributed by atoms with Crippen molar-refractivity contribution in [3.8, 4) is 6.07 Å². The zero-order valence-corrected chi connectivity index (χ0v) is 7.96. The minimum Gasteiger partial charge on any atom is -0.358 e. The largest absolute Gasteiger partial charge is 0.464 e. The van der Waals surface area contributed by atoms with Gasteiger partial charge in [0.2, 0.25) is 0 Å². The van der Waals surface area contributed by atoms with Crippen molar-refractivity contribution in [3.05, 3.63) is 28.2 Å². The molecular weight excluding hydrogens is 232 g/mol. The number of rotatable bonds is 1. The number of hydrogen-bond donors (Lipinski definition) is 0. The lowest BCUT2D eigenvalue weighted by molar-refractivity contribution is -0.391. The second-order valence-electron chi connectivity index (χ2n) is 2.67. The summed E-state index contributed by atoms with van der Waals surface area (Å²) >= 11 is 0. The summed E-state index contributed by atoms with van der Waals surface area (Å²) in [6.07, 6.45) is 2.39. The third kappa shape index (κ3) is 1.59. The van der Waals surface area contributed by atoms with Gasteiger partial charge in [-0.3, -0.25) is 0 Å². The number of carbonyl (C=O) groups excluding carboxylic acids is 1. The number of hydrogen-bond acceptors (Lipinski definition) is 8. The molecule has 0 bridgehead atoms. The van der Waals surface area contributed by atoms with E-state index in [4.69, 9.17) is 5.26 Å². The van der Waals surface area contributed by atoms with Gasteiger partial charge in [-0.1, -0.05) is 10.3 Å². The average Bonchev–Trinajstić information content (AvgIpc) is 2.96. The molecule has 11 nitrogen and oxygen atoms in total. The van der Waals surface area contributed by atoms with Gasteiger partial charge in [0.05, 0.1) is 12.4 Å². The van der Waals surface area contributed by atoms with Crippen LogP contribution in [0.15, 0.2) is 12.4 Å². The van der Waals surface area contributed by atoms with Crippen LogP contribution < -0.4 is 0 Å². The van der Waals surface area contributed by atoms with E-state index in [1.165, 1.54) is 18.5 Å². The van der Waals surface area contributed by atoms with Crippen LogP contribution in [0.1, 0.15) is 5.69 Å². The Kier molecular flexibility index (Phi) is 2.30. The molecule has 2 rings (SSSR count). The fourth-order valence-corrected chi connectivity index (χ4v) is 1.05. The zero-order valence-electron chi connectivity index (χ0n) is 7.96. The summed E-state index contributed by atoms with van der Waals surface area (Å²) in [6, 6.07) is 0.508. The van der Waals surface area contributed by atoms with Crippen molar-refractivity contribution < 1.29 is 9.72 Å². The van der Waals surface area contributed by atoms with Crippen LogP contribution in [0.4, 0.5) is 10.6 Å². The molecule has 0 fully saturated rings. The fourth-order valence-electron chi connectivity index (χ4n) is 1.05. The van der Waals surface area contributed by atoms with Gasteiger partial charge in [-0.15, -0.1) is 9.78 Å². The van der Waals surface area contributed by atoms with E-state index in [1.54, 1.807) is 0 Å². The molecule has 2 aromatic heterocycles. The highest BCUT2D eigenvalue weighted by Gasteiger charge is 2.30. The maximum Gasteiger partial charge on any atom is 0.464 e. The highest BCUT2D eigenvalue weighted by Crippen LogP contribution is 2.14. The molecule has 0 aliphatic rings. The van der Waals surface area contributed by atoms with E-state index in [0.29, 0.717) is 4.68 Å². The summed E-state index contributed by atoms with van der Waals surface area (Å²) in [6.45, 7) is 0. The predicted octanol–water partition coefficient (Wildman–Crippen LogP) is -0.834. The molecule has 17 heavy (non-hydrogen) atoms. The molecule has 0 aromatic carbocycles. The third-order valence-electron chi connectivity index (χ3n) is 1.73. The van der Waals surface area contributed by atoms with Gasteiger partial charge in [-0.05, 0) is 9.61 Å². The molecular formula is C6H2N8O3. The minimum atomic E-state index is -0.955. The Morgan fingerprint density at radius 1 is 1.53 bits per heavy atom. The minimum absolute atomic E-state index is 0.368. The molecule has 0 radical (unpaired) electrons. The molecule has 0 unspecified atom stereocenters. The van der Waals surface area contributed by atoms with Crippen molar-refractivity contribution in [1.82, 2.24) is 30.0 Å². The highest BCUT2D eigenvalue weighted by atomic mass is 16.6. The Bertz CT molecular complexity index is 620. The van der Waals surface area contributed by atoms with Gasteiger partial charge < -0.3 is 10.1 Å². The van der Waals surface area contributed by atoms with Crippen molar-refractivity contribution in [2.75, 3.05) is 0 Å². The number of aromatic nitrogens is 6. The molecule has 0 atom stereocenters. The zero-order chi connectivity index (χ0) is 12.4. The van der Waals surface area contributed by atoms with Crippen molar-refractivity contribution in [2.45, 2.75) is 0 Å². The number of carbonyl (C=O) groups is 1. The second kappa shape index (κ2) is 3.77. The van der Waals surface area contributed by atoms with Crippen LogP contribution in [0.3, 0.4) is 0 Å². The van der Waals surface area contributed by atoms with E-state index < -0.39 is 22.5 Å². The Balaban J connectivity index is 2.54. The first kappa shape index (κ1) is 10.4. The molecule has 0 saturated carbocycles. The molecule has 2 aromatic rings. The molecule has 11 heteroatoms. The van der Waals surface area contributed by atoms with Crippen LogP contribution in [0.2, 0.25) is 0 Å². The summed E-state index contributed by atoms with van der Waals surface area (Å²) in [7, 11) is 0. The van der Waals surface area contributed by atoms with E-state index in [9.17, 15) is 14.9 Å². The normalized spacial score (nSPS) is 9.82. The second-order valence-corrected chi connectivity index (χ2v) is 2.67. The van der Waals surface area contributed by atoms with Crippen LogP contribution in [0, 0.1) is 21.4 Å². The Morgan fingerprint density at radius 2 is 2.29 bits per heavy atom. The van der Waals surface area contributed by atoms with Gasteiger partial charge in [0.25, 0.3) is 5.69 Å². The number of nitriles is 1. The Labute approximate surface area is 92.0 Å². The standard InChI is InChI=1S/C6H2N8O3/c7-3-4-5(14(16)17)13(11-9-4)6(15)12-2-1-8-10-12/h1-2H. The topological polar surface area (TPSA) is 145 Å². The fraction of sp³-hybridized carbons (Fsp3) is 0. The van der Waals surface area contributed by atoms with Gasteiger partial charge in [0.1, 0.15) is 6.07 Å². The first-order valence-corrected chi connectivity index (χ1v) is 4.06. The van der Waals surface area contributed by atoms with Crippen LogP contribution >= 0.6 is 0 Å². The van der Waals surface area contributed by atoms with Gasteiger partial charge in [-0.2, -0.15) is 5.26 Å². The summed E-state index contributed by atoms with van der Waals surface area (Å²) < 4.78 is 1.09. The molecule has 0 N–H and O–H groups in total. The molecule has 0 aliphatic carbocycles. The van der Waals surface area contributed by atoms with Crippen molar-refractivity contribution in [1.29, 1.82) is 5.26 Å². The van der Waals surface area contributed by atoms with E-state index in [-0.39, 0.29) is 0 Å². The first-order valence-electron chi connectivity index (χ1n) is 4.06. The summed E-state index contributed by atoms with van der Waals surface area (Å²) in [5, 5.41) is 32.4. The quantitative estimate of drug-likeness (QED) is 0.458. The van der Waals surface area contributed by atoms with E-state index in [0.717, 1.165) is 4.68 Å². The maximum atomic E-state index is 11.7. The molecule has 0 spiro atoms. The van der Waals surface area contributed by atoms with Crippen LogP contribution in [0.5, 0.6) is 0 Å². The summed E-state index contributed by atoms with van der Waals surface area (Å²) in [4.78, 5) is 21.4. The SMILES string of the molecule is N#Cc1nnn(C(=O)n2ccnn2)c1[N+](=O)[O-]. The molecule has 84 valence electrons. The Morgan fingerprint density at radius 3 is 2.82 bits per heavy atom. The summed E-state index contributed by atoms with van der Waals surface area (Å²) in [5.41, 5.74) is -0.552. The van der Waals surface area contributed by atoms with Crippen LogP contribution in [0.25, 0.3) is 0 Å². The lowest BCUT2D eigenvalue weighted by Gasteiger charge is -1.95. The lowest BCUT2D eigenvalue weighted by Crippen LogP contribution is -2.22. The number of nitrogens with zero attached hydrogens (tertiary/aromatic N) is 8. The molecule has 0 aliphatic heterocycles. The van der Waals surface area contributed by atoms with Crippen molar-refractivity contribution >= 4 is 11.8 Å². The maximum absolute atomic E-state index is 11.7. The number of nitro groups is 1. The smallest absolute Gasteiger partial charge is 0.358 e. The van der Waals surface area contributed by atoms with Crippen LogP contribution in [-0.4, -0.2) is 40.9 Å². The average molecular weight is 234 g/mol. The van der Waals surface area contributed by atoms with Gasteiger partial charge in [-0.25, -0.2) is 4.79 Å². The van der Waals surface area contributed by atoms with E-state index >= 15 is 0 Å². The van der Waals surface area contributed by atoms with Gasteiger partial charge in [0, 0.05) is 5.21 Å². The van der Waals surface area contributed by atoms with E-state index in [1.807, 2.05) is 0 Å².